The van der Waals surface area contributed by atoms with E-state index in [-0.39, 0.29) is 11.8 Å². The second kappa shape index (κ2) is 6.34. The molecule has 4 heteroatoms. The van der Waals surface area contributed by atoms with Crippen LogP contribution < -0.4 is 11.1 Å². The van der Waals surface area contributed by atoms with E-state index in [9.17, 15) is 4.79 Å². The van der Waals surface area contributed by atoms with Gasteiger partial charge < -0.3 is 11.1 Å². The Bertz CT molecular complexity index is 422. The van der Waals surface area contributed by atoms with E-state index in [0.29, 0.717) is 19.0 Å². The number of carbonyl (C=O) groups is 1. The van der Waals surface area contributed by atoms with Crippen molar-refractivity contribution < 1.29 is 4.79 Å². The second-order valence-corrected chi connectivity index (χ2v) is 5.80. The van der Waals surface area contributed by atoms with Crippen molar-refractivity contribution in [2.24, 2.45) is 17.6 Å². The van der Waals surface area contributed by atoms with Crippen molar-refractivity contribution >= 4 is 21.8 Å². The maximum atomic E-state index is 12.1. The molecule has 1 saturated carbocycles. The molecule has 2 atom stereocenters. The number of rotatable bonds is 4. The van der Waals surface area contributed by atoms with Crippen molar-refractivity contribution in [3.05, 3.63) is 34.3 Å². The summed E-state index contributed by atoms with van der Waals surface area (Å²) in [6, 6.07) is 7.99. The quantitative estimate of drug-likeness (QED) is 0.897. The number of hydrogen-bond acceptors (Lipinski definition) is 2. The van der Waals surface area contributed by atoms with E-state index in [1.807, 2.05) is 24.3 Å². The van der Waals surface area contributed by atoms with Gasteiger partial charge in [-0.2, -0.15) is 0 Å². The Morgan fingerprint density at radius 1 is 1.44 bits per heavy atom. The molecule has 0 aromatic heterocycles. The molecular formula is C14H19BrN2O. The van der Waals surface area contributed by atoms with Crippen LogP contribution in [-0.2, 0) is 11.3 Å². The van der Waals surface area contributed by atoms with Crippen LogP contribution in [0.2, 0.25) is 0 Å². The maximum absolute atomic E-state index is 12.1. The third-order valence-electron chi connectivity index (χ3n) is 3.65. The summed E-state index contributed by atoms with van der Waals surface area (Å²) in [5.74, 6) is 0.637. The molecule has 1 aliphatic carbocycles. The van der Waals surface area contributed by atoms with Crippen molar-refractivity contribution in [3.8, 4) is 0 Å². The Morgan fingerprint density at radius 2 is 2.28 bits per heavy atom. The molecule has 0 heterocycles. The lowest BCUT2D eigenvalue weighted by atomic mass is 9.95. The summed E-state index contributed by atoms with van der Waals surface area (Å²) in [5.41, 5.74) is 6.81. The zero-order valence-corrected chi connectivity index (χ0v) is 11.9. The third kappa shape index (κ3) is 3.33. The SMILES string of the molecule is NC[C@H]1CCC[C@H]1C(=O)NCc1cccc(Br)c1. The Morgan fingerprint density at radius 3 is 3.00 bits per heavy atom. The van der Waals surface area contributed by atoms with E-state index in [1.54, 1.807) is 0 Å². The Labute approximate surface area is 116 Å². The lowest BCUT2D eigenvalue weighted by Gasteiger charge is -2.17. The number of nitrogens with one attached hydrogen (secondary N) is 1. The third-order valence-corrected chi connectivity index (χ3v) is 4.15. The summed E-state index contributed by atoms with van der Waals surface area (Å²) in [6.45, 7) is 1.21. The number of benzene rings is 1. The Kier molecular flexibility index (Phi) is 4.78. The molecule has 1 aromatic carbocycles. The lowest BCUT2D eigenvalue weighted by Crippen LogP contribution is -2.34. The van der Waals surface area contributed by atoms with Crippen molar-refractivity contribution in [3.63, 3.8) is 0 Å². The molecule has 98 valence electrons. The molecule has 0 bridgehead atoms. The average molecular weight is 311 g/mol. The Balaban J connectivity index is 1.88. The average Bonchev–Trinajstić information content (AvgIpc) is 2.84. The van der Waals surface area contributed by atoms with E-state index in [4.69, 9.17) is 5.73 Å². The number of nitrogens with two attached hydrogens (primary N) is 1. The molecule has 1 fully saturated rings. The molecule has 1 amide bonds. The molecule has 18 heavy (non-hydrogen) atoms. The predicted molar refractivity (Wildman–Crippen MR) is 75.9 cm³/mol. The van der Waals surface area contributed by atoms with Crippen LogP contribution in [0.25, 0.3) is 0 Å². The van der Waals surface area contributed by atoms with Gasteiger partial charge in [-0.15, -0.1) is 0 Å². The van der Waals surface area contributed by atoms with Crippen LogP contribution in [0, 0.1) is 11.8 Å². The van der Waals surface area contributed by atoms with Crippen molar-refractivity contribution in [2.75, 3.05) is 6.54 Å². The Hall–Kier alpha value is -0.870. The highest BCUT2D eigenvalue weighted by Gasteiger charge is 2.31. The standard InChI is InChI=1S/C14H19BrN2O/c15-12-5-1-3-10(7-12)9-17-14(18)13-6-2-4-11(13)8-16/h1,3,5,7,11,13H,2,4,6,8-9,16H2,(H,17,18)/t11-,13-/m1/s1. The largest absolute Gasteiger partial charge is 0.352 e. The first-order chi connectivity index (χ1) is 8.70. The molecular weight excluding hydrogens is 292 g/mol. The molecule has 0 spiro atoms. The van der Waals surface area contributed by atoms with Gasteiger partial charge in [0, 0.05) is 16.9 Å². The molecule has 3 N–H and O–H groups in total. The maximum Gasteiger partial charge on any atom is 0.223 e. The molecule has 0 aliphatic heterocycles. The van der Waals surface area contributed by atoms with E-state index in [2.05, 4.69) is 21.2 Å². The van der Waals surface area contributed by atoms with Gasteiger partial charge in [-0.25, -0.2) is 0 Å². The number of halogens is 1. The van der Waals surface area contributed by atoms with Gasteiger partial charge in [0.05, 0.1) is 0 Å². The fraction of sp³-hybridized carbons (Fsp3) is 0.500. The smallest absolute Gasteiger partial charge is 0.223 e. The van der Waals surface area contributed by atoms with Gasteiger partial charge >= 0.3 is 0 Å². The highest BCUT2D eigenvalue weighted by molar-refractivity contribution is 9.10. The summed E-state index contributed by atoms with van der Waals surface area (Å²) in [4.78, 5) is 12.1. The predicted octanol–water partition coefficient (Wildman–Crippen LogP) is 2.44. The lowest BCUT2D eigenvalue weighted by molar-refractivity contribution is -0.126. The zero-order chi connectivity index (χ0) is 13.0. The molecule has 3 nitrogen and oxygen atoms in total. The number of amides is 1. The summed E-state index contributed by atoms with van der Waals surface area (Å²) in [5, 5.41) is 3.02. The van der Waals surface area contributed by atoms with Gasteiger partial charge in [0.25, 0.3) is 0 Å². The fourth-order valence-corrected chi connectivity index (χ4v) is 3.08. The molecule has 1 aromatic rings. The first-order valence-corrected chi connectivity index (χ1v) is 7.22. The van der Waals surface area contributed by atoms with Crippen LogP contribution in [0.4, 0.5) is 0 Å². The highest BCUT2D eigenvalue weighted by atomic mass is 79.9. The van der Waals surface area contributed by atoms with Crippen molar-refractivity contribution in [1.29, 1.82) is 0 Å². The van der Waals surface area contributed by atoms with E-state index in [0.717, 1.165) is 29.3 Å². The molecule has 0 saturated heterocycles. The van der Waals surface area contributed by atoms with Crippen LogP contribution in [0.5, 0.6) is 0 Å². The van der Waals surface area contributed by atoms with E-state index >= 15 is 0 Å². The van der Waals surface area contributed by atoms with E-state index < -0.39 is 0 Å². The molecule has 0 radical (unpaired) electrons. The summed E-state index contributed by atoms with van der Waals surface area (Å²) < 4.78 is 1.04. The van der Waals surface area contributed by atoms with Crippen LogP contribution >= 0.6 is 15.9 Å². The van der Waals surface area contributed by atoms with Crippen LogP contribution in [0.3, 0.4) is 0 Å². The molecule has 1 aliphatic rings. The monoisotopic (exact) mass is 310 g/mol. The van der Waals surface area contributed by atoms with Gasteiger partial charge in [0.2, 0.25) is 5.91 Å². The molecule has 2 rings (SSSR count). The van der Waals surface area contributed by atoms with Crippen LogP contribution in [-0.4, -0.2) is 12.5 Å². The molecule has 0 unspecified atom stereocenters. The van der Waals surface area contributed by atoms with Crippen LogP contribution in [0.15, 0.2) is 28.7 Å². The van der Waals surface area contributed by atoms with Gasteiger partial charge in [0.1, 0.15) is 0 Å². The van der Waals surface area contributed by atoms with Gasteiger partial charge in [-0.3, -0.25) is 4.79 Å². The highest BCUT2D eigenvalue weighted by Crippen LogP contribution is 2.30. The summed E-state index contributed by atoms with van der Waals surface area (Å²) in [7, 11) is 0. The van der Waals surface area contributed by atoms with Gasteiger partial charge in [0.15, 0.2) is 0 Å². The first kappa shape index (κ1) is 13.6. The topological polar surface area (TPSA) is 55.1 Å². The number of hydrogen-bond donors (Lipinski definition) is 2. The minimum atomic E-state index is 0.113. The van der Waals surface area contributed by atoms with Crippen molar-refractivity contribution in [2.45, 2.75) is 25.8 Å². The normalized spacial score (nSPS) is 23.0. The summed E-state index contributed by atoms with van der Waals surface area (Å²) >= 11 is 3.43. The van der Waals surface area contributed by atoms with Crippen LogP contribution in [0.1, 0.15) is 24.8 Å². The van der Waals surface area contributed by atoms with Gasteiger partial charge in [-0.05, 0) is 43.0 Å². The first-order valence-electron chi connectivity index (χ1n) is 6.43. The van der Waals surface area contributed by atoms with E-state index in [1.165, 1.54) is 0 Å². The van der Waals surface area contributed by atoms with Crippen molar-refractivity contribution in [1.82, 2.24) is 5.32 Å². The minimum absolute atomic E-state index is 0.113. The summed E-state index contributed by atoms with van der Waals surface area (Å²) in [6.07, 6.45) is 3.19. The minimum Gasteiger partial charge on any atom is -0.352 e. The second-order valence-electron chi connectivity index (χ2n) is 4.88. The van der Waals surface area contributed by atoms with Gasteiger partial charge in [-0.1, -0.05) is 34.5 Å². The zero-order valence-electron chi connectivity index (χ0n) is 10.4. The number of carbonyl (C=O) groups excluding carboxylic acids is 1. The fourth-order valence-electron chi connectivity index (χ4n) is 2.63.